The lowest BCUT2D eigenvalue weighted by Crippen LogP contribution is -2.22. The minimum Gasteiger partial charge on any atom is -0.325 e. The van der Waals surface area contributed by atoms with Gasteiger partial charge in [-0.25, -0.2) is 8.42 Å². The highest BCUT2D eigenvalue weighted by molar-refractivity contribution is 7.90. The van der Waals surface area contributed by atoms with Crippen molar-refractivity contribution in [3.63, 3.8) is 0 Å². The highest BCUT2D eigenvalue weighted by atomic mass is 32.2. The number of nitrogens with zero attached hydrogens (tertiary/aromatic N) is 2. The van der Waals surface area contributed by atoms with E-state index in [-0.39, 0.29) is 11.5 Å². The standard InChI is InChI=1S/C12H19N3O2S/c13-7-11-10-5-6-18(16,17)8-12(10)15(14-11)9-3-1-2-4-9/h9H,1-8,13H2. The molecule has 0 spiro atoms. The number of rotatable bonds is 2. The molecule has 1 aromatic heterocycles. The molecule has 0 unspecified atom stereocenters. The van der Waals surface area contributed by atoms with E-state index in [1.807, 2.05) is 4.68 Å². The molecule has 5 nitrogen and oxygen atoms in total. The fraction of sp³-hybridized carbons (Fsp3) is 0.750. The molecule has 18 heavy (non-hydrogen) atoms. The molecule has 1 aliphatic carbocycles. The molecule has 1 fully saturated rings. The van der Waals surface area contributed by atoms with Gasteiger partial charge in [0.05, 0.1) is 28.9 Å². The van der Waals surface area contributed by atoms with E-state index in [9.17, 15) is 8.42 Å². The van der Waals surface area contributed by atoms with E-state index >= 15 is 0 Å². The average Bonchev–Trinajstić information content (AvgIpc) is 2.93. The summed E-state index contributed by atoms with van der Waals surface area (Å²) < 4.78 is 25.6. The van der Waals surface area contributed by atoms with Gasteiger partial charge >= 0.3 is 0 Å². The first-order valence-corrected chi connectivity index (χ1v) is 8.42. The molecule has 0 bridgehead atoms. The van der Waals surface area contributed by atoms with E-state index < -0.39 is 9.84 Å². The summed E-state index contributed by atoms with van der Waals surface area (Å²) in [5, 5.41) is 4.59. The topological polar surface area (TPSA) is 78.0 Å². The Labute approximate surface area is 107 Å². The molecule has 1 aliphatic heterocycles. The highest BCUT2D eigenvalue weighted by Gasteiger charge is 2.31. The van der Waals surface area contributed by atoms with Crippen molar-refractivity contribution in [2.24, 2.45) is 5.73 Å². The Morgan fingerprint density at radius 3 is 2.72 bits per heavy atom. The average molecular weight is 269 g/mol. The van der Waals surface area contributed by atoms with Gasteiger partial charge < -0.3 is 5.73 Å². The van der Waals surface area contributed by atoms with Crippen LogP contribution in [0.2, 0.25) is 0 Å². The Hall–Kier alpha value is -0.880. The molecule has 0 saturated heterocycles. The van der Waals surface area contributed by atoms with Gasteiger partial charge in [-0.15, -0.1) is 0 Å². The molecule has 0 aromatic carbocycles. The first-order valence-electron chi connectivity index (χ1n) is 6.60. The Morgan fingerprint density at radius 2 is 2.06 bits per heavy atom. The Morgan fingerprint density at radius 1 is 1.33 bits per heavy atom. The maximum Gasteiger partial charge on any atom is 0.156 e. The van der Waals surface area contributed by atoms with E-state index in [1.54, 1.807) is 0 Å². The zero-order valence-electron chi connectivity index (χ0n) is 10.4. The summed E-state index contributed by atoms with van der Waals surface area (Å²) in [6.45, 7) is 0.405. The minimum atomic E-state index is -2.94. The van der Waals surface area contributed by atoms with E-state index in [4.69, 9.17) is 5.73 Å². The van der Waals surface area contributed by atoms with Crippen molar-refractivity contribution >= 4 is 9.84 Å². The van der Waals surface area contributed by atoms with Crippen LogP contribution in [0.1, 0.15) is 48.7 Å². The van der Waals surface area contributed by atoms with Gasteiger partial charge in [0.1, 0.15) is 0 Å². The van der Waals surface area contributed by atoms with Crippen LogP contribution in [0.5, 0.6) is 0 Å². The molecule has 0 amide bonds. The van der Waals surface area contributed by atoms with Crippen LogP contribution in [0.15, 0.2) is 0 Å². The van der Waals surface area contributed by atoms with Crippen LogP contribution in [-0.2, 0) is 28.6 Å². The van der Waals surface area contributed by atoms with E-state index in [1.165, 1.54) is 12.8 Å². The van der Waals surface area contributed by atoms with Crippen molar-refractivity contribution in [1.82, 2.24) is 9.78 Å². The maximum atomic E-state index is 11.8. The molecule has 0 radical (unpaired) electrons. The predicted octanol–water partition coefficient (Wildman–Crippen LogP) is 0.928. The molecule has 2 N–H and O–H groups in total. The summed E-state index contributed by atoms with van der Waals surface area (Å²) >= 11 is 0. The van der Waals surface area contributed by atoms with Crippen LogP contribution >= 0.6 is 0 Å². The van der Waals surface area contributed by atoms with Crippen LogP contribution in [0.25, 0.3) is 0 Å². The minimum absolute atomic E-state index is 0.145. The maximum absolute atomic E-state index is 11.8. The highest BCUT2D eigenvalue weighted by Crippen LogP contribution is 2.34. The molecule has 6 heteroatoms. The van der Waals surface area contributed by atoms with Gasteiger partial charge in [-0.2, -0.15) is 5.10 Å². The van der Waals surface area contributed by atoms with Crippen molar-refractivity contribution in [1.29, 1.82) is 0 Å². The van der Waals surface area contributed by atoms with E-state index in [0.29, 0.717) is 19.0 Å². The summed E-state index contributed by atoms with van der Waals surface area (Å²) in [6.07, 6.45) is 5.22. The molecule has 0 atom stereocenters. The first kappa shape index (κ1) is 12.2. The number of sulfone groups is 1. The molecule has 100 valence electrons. The monoisotopic (exact) mass is 269 g/mol. The zero-order valence-corrected chi connectivity index (χ0v) is 11.2. The largest absolute Gasteiger partial charge is 0.325 e. The summed E-state index contributed by atoms with van der Waals surface area (Å²) in [6, 6.07) is 0.382. The number of hydrogen-bond donors (Lipinski definition) is 1. The van der Waals surface area contributed by atoms with Crippen molar-refractivity contribution in [2.75, 3.05) is 5.75 Å². The first-order chi connectivity index (χ1) is 8.61. The second-order valence-electron chi connectivity index (χ2n) is 5.30. The van der Waals surface area contributed by atoms with Gasteiger partial charge in [0.2, 0.25) is 0 Å². The summed E-state index contributed by atoms with van der Waals surface area (Å²) in [4.78, 5) is 0. The molecular weight excluding hydrogens is 250 g/mol. The van der Waals surface area contributed by atoms with Crippen LogP contribution < -0.4 is 5.73 Å². The molecule has 1 aromatic rings. The van der Waals surface area contributed by atoms with Gasteiger partial charge in [0, 0.05) is 6.54 Å². The van der Waals surface area contributed by atoms with Gasteiger partial charge in [-0.05, 0) is 24.8 Å². The van der Waals surface area contributed by atoms with Crippen molar-refractivity contribution in [2.45, 2.75) is 50.4 Å². The zero-order chi connectivity index (χ0) is 12.8. The molecule has 1 saturated carbocycles. The number of hydrogen-bond acceptors (Lipinski definition) is 4. The van der Waals surface area contributed by atoms with Gasteiger partial charge in [-0.1, -0.05) is 12.8 Å². The third kappa shape index (κ3) is 1.97. The summed E-state index contributed by atoms with van der Waals surface area (Å²) in [5.41, 5.74) is 8.63. The second kappa shape index (κ2) is 4.35. The van der Waals surface area contributed by atoms with Crippen LogP contribution in [0.4, 0.5) is 0 Å². The number of aromatic nitrogens is 2. The Balaban J connectivity index is 2.06. The molecule has 2 aliphatic rings. The van der Waals surface area contributed by atoms with E-state index in [2.05, 4.69) is 5.10 Å². The van der Waals surface area contributed by atoms with Crippen LogP contribution in [0, 0.1) is 0 Å². The second-order valence-corrected chi connectivity index (χ2v) is 7.49. The molecule has 3 rings (SSSR count). The smallest absolute Gasteiger partial charge is 0.156 e. The fourth-order valence-electron chi connectivity index (χ4n) is 3.15. The number of nitrogens with two attached hydrogens (primary N) is 1. The molecule has 2 heterocycles. The van der Waals surface area contributed by atoms with Gasteiger partial charge in [0.25, 0.3) is 0 Å². The van der Waals surface area contributed by atoms with Crippen molar-refractivity contribution in [3.8, 4) is 0 Å². The lowest BCUT2D eigenvalue weighted by molar-refractivity contribution is 0.449. The van der Waals surface area contributed by atoms with Gasteiger partial charge in [0.15, 0.2) is 9.84 Å². The van der Waals surface area contributed by atoms with Crippen molar-refractivity contribution < 1.29 is 8.42 Å². The predicted molar refractivity (Wildman–Crippen MR) is 68.8 cm³/mol. The Kier molecular flexibility index (Phi) is 2.94. The lowest BCUT2D eigenvalue weighted by Gasteiger charge is -2.18. The van der Waals surface area contributed by atoms with Gasteiger partial charge in [-0.3, -0.25) is 4.68 Å². The normalized spacial score (nSPS) is 23.2. The SMILES string of the molecule is NCc1nn(C2CCCC2)c2c1CCS(=O)(=O)C2. The summed E-state index contributed by atoms with van der Waals surface area (Å²) in [5.74, 6) is 0.384. The summed E-state index contributed by atoms with van der Waals surface area (Å²) in [7, 11) is -2.94. The lowest BCUT2D eigenvalue weighted by atomic mass is 10.1. The van der Waals surface area contributed by atoms with E-state index in [0.717, 1.165) is 29.8 Å². The van der Waals surface area contributed by atoms with Crippen LogP contribution in [-0.4, -0.2) is 24.0 Å². The fourth-order valence-corrected chi connectivity index (χ4v) is 4.53. The van der Waals surface area contributed by atoms with Crippen LogP contribution in [0.3, 0.4) is 0 Å². The van der Waals surface area contributed by atoms with Crippen molar-refractivity contribution in [3.05, 3.63) is 17.0 Å². The third-order valence-corrected chi connectivity index (χ3v) is 5.62. The quantitative estimate of drug-likeness (QED) is 0.866. The molecular formula is C12H19N3O2S. The number of fused-ring (bicyclic) bond motifs is 1. The third-order valence-electron chi connectivity index (χ3n) is 4.09. The Bertz CT molecular complexity index is 556.